The van der Waals surface area contributed by atoms with E-state index >= 15 is 0 Å². The molecule has 2 atom stereocenters. The molecule has 3 aromatic heterocycles. The zero-order chi connectivity index (χ0) is 21.5. The second kappa shape index (κ2) is 7.60. The summed E-state index contributed by atoms with van der Waals surface area (Å²) < 4.78 is 26.0. The van der Waals surface area contributed by atoms with Gasteiger partial charge in [0.15, 0.2) is 16.9 Å². The Labute approximate surface area is 175 Å². The van der Waals surface area contributed by atoms with Crippen molar-refractivity contribution in [2.75, 3.05) is 13.2 Å². The van der Waals surface area contributed by atoms with Crippen LogP contribution in [0.4, 0.5) is 9.18 Å². The van der Waals surface area contributed by atoms with Gasteiger partial charge in [0.1, 0.15) is 17.2 Å². The summed E-state index contributed by atoms with van der Waals surface area (Å²) in [5.74, 6) is -0.116. The van der Waals surface area contributed by atoms with E-state index in [0.29, 0.717) is 47.7 Å². The number of fused-ring (bicyclic) bond motifs is 2. The lowest BCUT2D eigenvalue weighted by molar-refractivity contribution is 0.0571. The highest BCUT2D eigenvalue weighted by atomic mass is 19.1. The summed E-state index contributed by atoms with van der Waals surface area (Å²) in [5, 5.41) is 7.95. The molecule has 31 heavy (non-hydrogen) atoms. The minimum absolute atomic E-state index is 0.123. The molecule has 1 amide bonds. The standard InChI is InChI=1S/C20H20FN7O3/c1-28-15-4-10(21)2-3-13(15)17(27-28)14-6-23-19-18(26-14)16(7-24-19)31-20(29)25-12-5-11(22)8-30-9-12/h2-4,6-7,11-12H,5,8-9,22H2,1H3,(H,23,24)(H,25,29)/t11-,12-/m1/s1. The fourth-order valence-corrected chi connectivity index (χ4v) is 3.74. The smallest absolute Gasteiger partial charge is 0.406 e. The van der Waals surface area contributed by atoms with Gasteiger partial charge in [-0.15, -0.1) is 0 Å². The predicted molar refractivity (Wildman–Crippen MR) is 110 cm³/mol. The molecule has 11 heteroatoms. The first kappa shape index (κ1) is 19.4. The molecule has 1 saturated heterocycles. The van der Waals surface area contributed by atoms with Gasteiger partial charge in [0.2, 0.25) is 0 Å². The van der Waals surface area contributed by atoms with Gasteiger partial charge in [0, 0.05) is 24.7 Å². The second-order valence-corrected chi connectivity index (χ2v) is 7.50. The van der Waals surface area contributed by atoms with Gasteiger partial charge in [-0.3, -0.25) is 4.68 Å². The average molecular weight is 425 g/mol. The Kier molecular flexibility index (Phi) is 4.75. The third-order valence-electron chi connectivity index (χ3n) is 5.16. The fourth-order valence-electron chi connectivity index (χ4n) is 3.74. The number of hydrogen-bond acceptors (Lipinski definition) is 7. The lowest BCUT2D eigenvalue weighted by Gasteiger charge is -2.27. The maximum Gasteiger partial charge on any atom is 0.413 e. The van der Waals surface area contributed by atoms with Crippen molar-refractivity contribution >= 4 is 28.2 Å². The Morgan fingerprint density at radius 1 is 1.42 bits per heavy atom. The van der Waals surface area contributed by atoms with E-state index in [4.69, 9.17) is 15.2 Å². The number of aromatic amines is 1. The van der Waals surface area contributed by atoms with Crippen LogP contribution in [0.3, 0.4) is 0 Å². The number of rotatable bonds is 3. The van der Waals surface area contributed by atoms with E-state index in [9.17, 15) is 9.18 Å². The van der Waals surface area contributed by atoms with Gasteiger partial charge < -0.3 is 25.5 Å². The number of benzene rings is 1. The largest absolute Gasteiger partial charge is 0.413 e. The number of amides is 1. The Morgan fingerprint density at radius 2 is 2.29 bits per heavy atom. The summed E-state index contributed by atoms with van der Waals surface area (Å²) in [6.45, 7) is 0.858. The van der Waals surface area contributed by atoms with Crippen LogP contribution in [-0.4, -0.2) is 56.1 Å². The van der Waals surface area contributed by atoms with E-state index in [1.54, 1.807) is 24.0 Å². The number of nitrogens with one attached hydrogen (secondary N) is 2. The third-order valence-corrected chi connectivity index (χ3v) is 5.16. The van der Waals surface area contributed by atoms with Crippen LogP contribution < -0.4 is 15.8 Å². The summed E-state index contributed by atoms with van der Waals surface area (Å²) in [5.41, 5.74) is 8.36. The molecule has 1 aromatic carbocycles. The molecule has 0 spiro atoms. The summed E-state index contributed by atoms with van der Waals surface area (Å²) in [6.07, 6.45) is 3.06. The van der Waals surface area contributed by atoms with Crippen LogP contribution in [0, 0.1) is 5.82 Å². The van der Waals surface area contributed by atoms with Crippen LogP contribution in [0.25, 0.3) is 33.5 Å². The van der Waals surface area contributed by atoms with Crippen molar-refractivity contribution in [2.45, 2.75) is 18.5 Å². The van der Waals surface area contributed by atoms with Gasteiger partial charge >= 0.3 is 6.09 Å². The molecule has 4 heterocycles. The lowest BCUT2D eigenvalue weighted by Crippen LogP contribution is -2.48. The van der Waals surface area contributed by atoms with E-state index in [1.807, 2.05) is 0 Å². The SMILES string of the molecule is Cn1nc(-c2cnc3[nH]cc(OC(=O)N[C@H]4COC[C@H](N)C4)c3n2)c2ccc(F)cc21. The molecule has 1 aliphatic rings. The molecule has 0 bridgehead atoms. The van der Waals surface area contributed by atoms with Gasteiger partial charge in [0.05, 0.1) is 31.0 Å². The number of carbonyl (C=O) groups is 1. The topological polar surface area (TPSA) is 133 Å². The molecular weight excluding hydrogens is 405 g/mol. The molecule has 10 nitrogen and oxygen atoms in total. The molecule has 0 unspecified atom stereocenters. The first-order valence-electron chi connectivity index (χ1n) is 9.76. The maximum atomic E-state index is 13.6. The Balaban J connectivity index is 1.43. The summed E-state index contributed by atoms with van der Waals surface area (Å²) in [7, 11) is 1.73. The van der Waals surface area contributed by atoms with Gasteiger partial charge in [0.25, 0.3) is 0 Å². The van der Waals surface area contributed by atoms with Crippen LogP contribution in [-0.2, 0) is 11.8 Å². The average Bonchev–Trinajstić information content (AvgIpc) is 3.28. The number of halogens is 1. The molecule has 4 N–H and O–H groups in total. The Hall–Kier alpha value is -3.57. The highest BCUT2D eigenvalue weighted by Gasteiger charge is 2.23. The Morgan fingerprint density at radius 3 is 3.13 bits per heavy atom. The molecule has 160 valence electrons. The van der Waals surface area contributed by atoms with E-state index in [0.717, 1.165) is 5.39 Å². The van der Waals surface area contributed by atoms with Crippen LogP contribution in [0.5, 0.6) is 5.75 Å². The fraction of sp³-hybridized carbons (Fsp3) is 0.300. The second-order valence-electron chi connectivity index (χ2n) is 7.50. The minimum Gasteiger partial charge on any atom is -0.406 e. The van der Waals surface area contributed by atoms with Crippen molar-refractivity contribution in [2.24, 2.45) is 12.8 Å². The molecule has 0 radical (unpaired) electrons. The summed E-state index contributed by atoms with van der Waals surface area (Å²) >= 11 is 0. The molecule has 1 fully saturated rings. The van der Waals surface area contributed by atoms with E-state index in [2.05, 4.69) is 25.4 Å². The molecule has 0 aliphatic carbocycles. The molecule has 5 rings (SSSR count). The van der Waals surface area contributed by atoms with Crippen molar-refractivity contribution in [3.8, 4) is 17.1 Å². The molecule has 4 aromatic rings. The van der Waals surface area contributed by atoms with Crippen molar-refractivity contribution in [1.82, 2.24) is 30.0 Å². The molecule has 1 aliphatic heterocycles. The number of H-pyrrole nitrogens is 1. The van der Waals surface area contributed by atoms with E-state index in [-0.39, 0.29) is 23.7 Å². The molecular formula is C20H20FN7O3. The van der Waals surface area contributed by atoms with Crippen LogP contribution in [0.15, 0.2) is 30.6 Å². The highest BCUT2D eigenvalue weighted by molar-refractivity contribution is 5.93. The van der Waals surface area contributed by atoms with Gasteiger partial charge in [-0.1, -0.05) is 0 Å². The zero-order valence-corrected chi connectivity index (χ0v) is 16.6. The maximum absolute atomic E-state index is 13.6. The van der Waals surface area contributed by atoms with Crippen molar-refractivity contribution < 1.29 is 18.7 Å². The summed E-state index contributed by atoms with van der Waals surface area (Å²) in [6, 6.07) is 4.09. The number of nitrogens with zero attached hydrogens (tertiary/aromatic N) is 4. The minimum atomic E-state index is -0.630. The normalized spacial score (nSPS) is 19.1. The van der Waals surface area contributed by atoms with Crippen LogP contribution in [0.2, 0.25) is 0 Å². The number of aryl methyl sites for hydroxylation is 1. The number of hydrogen-bond donors (Lipinski definition) is 3. The first-order valence-corrected chi connectivity index (χ1v) is 9.76. The predicted octanol–water partition coefficient (Wildman–Crippen LogP) is 1.86. The quantitative estimate of drug-likeness (QED) is 0.456. The van der Waals surface area contributed by atoms with Crippen LogP contribution in [0.1, 0.15) is 6.42 Å². The summed E-state index contributed by atoms with van der Waals surface area (Å²) in [4.78, 5) is 24.2. The Bertz CT molecular complexity index is 1280. The zero-order valence-electron chi connectivity index (χ0n) is 16.6. The van der Waals surface area contributed by atoms with Gasteiger partial charge in [-0.2, -0.15) is 5.10 Å². The van der Waals surface area contributed by atoms with Crippen molar-refractivity contribution in [3.05, 3.63) is 36.4 Å². The van der Waals surface area contributed by atoms with Crippen molar-refractivity contribution in [1.29, 1.82) is 0 Å². The molecule has 0 saturated carbocycles. The van der Waals surface area contributed by atoms with Crippen molar-refractivity contribution in [3.63, 3.8) is 0 Å². The number of ether oxygens (including phenoxy) is 2. The van der Waals surface area contributed by atoms with Gasteiger partial charge in [-0.25, -0.2) is 19.2 Å². The number of aromatic nitrogens is 5. The monoisotopic (exact) mass is 425 g/mol. The number of nitrogens with two attached hydrogens (primary N) is 1. The van der Waals surface area contributed by atoms with E-state index < -0.39 is 6.09 Å². The van der Waals surface area contributed by atoms with Gasteiger partial charge in [-0.05, 0) is 24.6 Å². The highest BCUT2D eigenvalue weighted by Crippen LogP contribution is 2.29. The lowest BCUT2D eigenvalue weighted by atomic mass is 10.1. The van der Waals surface area contributed by atoms with Crippen LogP contribution >= 0.6 is 0 Å². The number of carbonyl (C=O) groups excluding carboxylic acids is 1. The first-order chi connectivity index (χ1) is 15.0. The third kappa shape index (κ3) is 3.68. The van der Waals surface area contributed by atoms with E-state index in [1.165, 1.54) is 18.3 Å².